The third-order valence-corrected chi connectivity index (χ3v) is 12.7. The molecule has 62 heavy (non-hydrogen) atoms. The number of benzene rings is 4. The monoisotopic (exact) mass is 860 g/mol. The molecule has 0 saturated carbocycles. The van der Waals surface area contributed by atoms with Gasteiger partial charge < -0.3 is 45.0 Å². The number of carbonyl (C=O) groups is 3. The lowest BCUT2D eigenvalue weighted by Gasteiger charge is -2.32. The number of fused-ring (bicyclic) bond motifs is 6. The minimum Gasteiger partial charge on any atom is -0.488 e. The van der Waals surface area contributed by atoms with E-state index in [0.717, 1.165) is 92.0 Å². The van der Waals surface area contributed by atoms with Crippen LogP contribution in [-0.4, -0.2) is 87.1 Å². The zero-order valence-corrected chi connectivity index (χ0v) is 36.3. The van der Waals surface area contributed by atoms with Crippen LogP contribution in [0.4, 0.5) is 4.79 Å². The Morgan fingerprint density at radius 3 is 2.52 bits per heavy atom. The number of alkyl carbamates (subject to hydrolysis) is 1. The maximum atomic E-state index is 14.0. The van der Waals surface area contributed by atoms with Gasteiger partial charge in [0.15, 0.2) is 0 Å². The van der Waals surface area contributed by atoms with Crippen LogP contribution in [0.3, 0.4) is 0 Å². The molecule has 0 radical (unpaired) electrons. The van der Waals surface area contributed by atoms with E-state index in [2.05, 4.69) is 51.7 Å². The first-order valence-corrected chi connectivity index (χ1v) is 21.1. The van der Waals surface area contributed by atoms with Crippen LogP contribution in [0.25, 0.3) is 44.2 Å². The normalized spacial score (nSPS) is 20.4. The summed E-state index contributed by atoms with van der Waals surface area (Å²) in [6, 6.07) is 22.1. The molecule has 0 unspecified atom stereocenters. The van der Waals surface area contributed by atoms with Gasteiger partial charge in [-0.05, 0) is 84.0 Å². The van der Waals surface area contributed by atoms with Gasteiger partial charge in [0.25, 0.3) is 0 Å². The Kier molecular flexibility index (Phi) is 12.0. The Balaban J connectivity index is 0.00000529. The molecule has 0 spiro atoms. The number of H-pyrrole nitrogens is 2. The number of nitrogens with two attached hydrogens (primary N) is 1. The van der Waals surface area contributed by atoms with Crippen LogP contribution in [0.2, 0.25) is 0 Å². The van der Waals surface area contributed by atoms with Crippen molar-refractivity contribution in [2.75, 3.05) is 27.4 Å². The number of rotatable bonds is 10. The minimum atomic E-state index is -0.770. The first-order valence-electron chi connectivity index (χ1n) is 21.1. The summed E-state index contributed by atoms with van der Waals surface area (Å²) < 4.78 is 16.8. The van der Waals surface area contributed by atoms with Crippen molar-refractivity contribution in [1.82, 2.24) is 35.1 Å². The van der Waals surface area contributed by atoms with Gasteiger partial charge in [-0.3, -0.25) is 9.59 Å². The number of nitrogens with one attached hydrogen (secondary N) is 3. The fourth-order valence-corrected chi connectivity index (χ4v) is 9.53. The second-order valence-electron chi connectivity index (χ2n) is 17.0. The number of ether oxygens (including phenoxy) is 3. The lowest BCUT2D eigenvalue weighted by Crippen LogP contribution is -2.52. The first kappa shape index (κ1) is 42.7. The predicted molar refractivity (Wildman–Crippen MR) is 238 cm³/mol. The number of likely N-dealkylation sites (tertiary alicyclic amines) is 2. The van der Waals surface area contributed by atoms with Crippen molar-refractivity contribution in [2.45, 2.75) is 76.8 Å². The van der Waals surface area contributed by atoms with Crippen molar-refractivity contribution in [3.05, 3.63) is 102 Å². The molecule has 0 bridgehead atoms. The number of nitrogens with zero attached hydrogens (tertiary/aromatic N) is 4. The highest BCUT2D eigenvalue weighted by Crippen LogP contribution is 2.44. The highest BCUT2D eigenvalue weighted by Gasteiger charge is 2.42. The number of imidazole rings is 2. The van der Waals surface area contributed by atoms with E-state index >= 15 is 0 Å². The maximum Gasteiger partial charge on any atom is 0.407 e. The van der Waals surface area contributed by atoms with Gasteiger partial charge in [0.1, 0.15) is 36.1 Å². The van der Waals surface area contributed by atoms with Crippen LogP contribution in [-0.2, 0) is 25.7 Å². The molecular formula is C47H53ClN8O6. The number of methoxy groups -OCH3 is 2. The molecule has 9 rings (SSSR count). The van der Waals surface area contributed by atoms with Gasteiger partial charge in [0.05, 0.1) is 48.7 Å². The molecule has 2 aromatic heterocycles. The third kappa shape index (κ3) is 7.75. The van der Waals surface area contributed by atoms with E-state index in [0.29, 0.717) is 19.8 Å². The molecule has 6 atom stereocenters. The topological polar surface area (TPSA) is 181 Å². The Hall–Kier alpha value is -5.96. The molecule has 324 valence electrons. The van der Waals surface area contributed by atoms with E-state index in [-0.39, 0.29) is 54.2 Å². The summed E-state index contributed by atoms with van der Waals surface area (Å²) in [6.07, 6.45) is 3.49. The van der Waals surface area contributed by atoms with Crippen molar-refractivity contribution in [3.8, 4) is 28.1 Å². The zero-order chi connectivity index (χ0) is 42.5. The van der Waals surface area contributed by atoms with Crippen LogP contribution in [0.15, 0.2) is 79.0 Å². The fraction of sp³-hybridized carbons (Fsp3) is 0.383. The molecule has 4 aromatic carbocycles. The Morgan fingerprint density at radius 2 is 1.76 bits per heavy atom. The number of aromatic amines is 2. The van der Waals surface area contributed by atoms with Crippen molar-refractivity contribution >= 4 is 52.1 Å². The van der Waals surface area contributed by atoms with Gasteiger partial charge in [-0.2, -0.15) is 0 Å². The fourth-order valence-electron chi connectivity index (χ4n) is 9.53. The van der Waals surface area contributed by atoms with E-state index in [9.17, 15) is 14.4 Å². The summed E-state index contributed by atoms with van der Waals surface area (Å²) in [6.45, 7) is 7.34. The van der Waals surface area contributed by atoms with E-state index < -0.39 is 18.2 Å². The highest BCUT2D eigenvalue weighted by molar-refractivity contribution is 6.07. The summed E-state index contributed by atoms with van der Waals surface area (Å²) >= 11 is 0. The summed E-state index contributed by atoms with van der Waals surface area (Å²) in [5, 5.41) is 4.72. The SMILES string of the molecule is COC[C@H]1C[C@@H](c2ncc(-c3ccc4c(c3)COc3cc5c(ccc6[nH]c([C@@H]7CC[C@H](C)N7C(=O)[C@@H](NC(=O)OC)C(C)C)nc65)cc3-4)[nH]2)N(C(=O)[C@H](N)c2ccccc2)C1.Cl. The number of hydrogen-bond donors (Lipinski definition) is 4. The quantitative estimate of drug-likeness (QED) is 0.107. The van der Waals surface area contributed by atoms with Crippen LogP contribution >= 0.6 is 12.4 Å². The molecule has 3 aliphatic heterocycles. The summed E-state index contributed by atoms with van der Waals surface area (Å²) in [7, 11) is 2.98. The Labute approximate surface area is 366 Å². The molecule has 5 N–H and O–H groups in total. The van der Waals surface area contributed by atoms with Crippen molar-refractivity contribution < 1.29 is 28.6 Å². The number of carbonyl (C=O) groups excluding carboxylic acids is 3. The van der Waals surface area contributed by atoms with Gasteiger partial charge in [-0.15, -0.1) is 12.4 Å². The summed E-state index contributed by atoms with van der Waals surface area (Å²) in [4.78, 5) is 60.7. The van der Waals surface area contributed by atoms with E-state index in [1.54, 1.807) is 7.11 Å². The average molecular weight is 861 g/mol. The second kappa shape index (κ2) is 17.4. The van der Waals surface area contributed by atoms with Gasteiger partial charge >= 0.3 is 6.09 Å². The standard InChI is InChI=1S/C47H52N8O6.ClH/c1-25(2)41(53-47(58)60-5)46(57)55-26(3)11-16-37(55)44-50-35-15-13-29-19-34-32-14-12-30(18-31(32)24-61-39(34)20-33(29)42(35)52-44)36-21-49-43(51-36)38-17-27(23-59-4)22-54(38)45(56)40(48)28-9-7-6-8-10-28;/h6-10,12-15,18-21,25-27,37-38,40-41H,11,16-17,22-24,48H2,1-5H3,(H,49,51)(H,50,52)(H,53,58);1H/t26-,27-,37-,38-,40+,41-;/m0./s1. The number of halogens is 1. The van der Waals surface area contributed by atoms with Crippen molar-refractivity contribution in [1.29, 1.82) is 0 Å². The van der Waals surface area contributed by atoms with E-state index in [1.165, 1.54) is 7.11 Å². The first-order chi connectivity index (χ1) is 29.5. The molecule has 3 aliphatic rings. The lowest BCUT2D eigenvalue weighted by molar-refractivity contribution is -0.137. The molecular weight excluding hydrogens is 808 g/mol. The van der Waals surface area contributed by atoms with Crippen LogP contribution in [0, 0.1) is 11.8 Å². The van der Waals surface area contributed by atoms with Crippen molar-refractivity contribution in [3.63, 3.8) is 0 Å². The lowest BCUT2D eigenvalue weighted by atomic mass is 9.92. The average Bonchev–Trinajstić information content (AvgIpc) is 4.10. The van der Waals surface area contributed by atoms with Crippen molar-refractivity contribution in [2.24, 2.45) is 17.6 Å². The number of amides is 3. The molecule has 5 heterocycles. The van der Waals surface area contributed by atoms with Gasteiger partial charge in [-0.25, -0.2) is 14.8 Å². The molecule has 0 aliphatic carbocycles. The number of aromatic nitrogens is 4. The summed E-state index contributed by atoms with van der Waals surface area (Å²) in [5.41, 5.74) is 13.9. The molecule has 15 heteroatoms. The second-order valence-corrected chi connectivity index (χ2v) is 17.0. The van der Waals surface area contributed by atoms with Crippen LogP contribution in [0.1, 0.15) is 80.9 Å². The highest BCUT2D eigenvalue weighted by atomic mass is 35.5. The van der Waals surface area contributed by atoms with E-state index in [4.69, 9.17) is 29.9 Å². The molecule has 14 nitrogen and oxygen atoms in total. The van der Waals surface area contributed by atoms with Gasteiger partial charge in [0.2, 0.25) is 11.8 Å². The van der Waals surface area contributed by atoms with Crippen LogP contribution in [0.5, 0.6) is 5.75 Å². The van der Waals surface area contributed by atoms with Gasteiger partial charge in [0, 0.05) is 36.6 Å². The summed E-state index contributed by atoms with van der Waals surface area (Å²) in [5.74, 6) is 1.97. The molecule has 2 saturated heterocycles. The Morgan fingerprint density at radius 1 is 0.952 bits per heavy atom. The smallest absolute Gasteiger partial charge is 0.407 e. The number of hydrogen-bond acceptors (Lipinski definition) is 9. The third-order valence-electron chi connectivity index (χ3n) is 12.7. The van der Waals surface area contributed by atoms with Gasteiger partial charge in [-0.1, -0.05) is 62.4 Å². The maximum absolute atomic E-state index is 14.0. The predicted octanol–water partition coefficient (Wildman–Crippen LogP) is 7.76. The van der Waals surface area contributed by atoms with Crippen LogP contribution < -0.4 is 15.8 Å². The Bertz CT molecular complexity index is 2630. The minimum absolute atomic E-state index is 0. The molecule has 2 fully saturated rings. The zero-order valence-electron chi connectivity index (χ0n) is 35.5. The van der Waals surface area contributed by atoms with E-state index in [1.807, 2.05) is 73.2 Å². The molecule has 6 aromatic rings. The largest absolute Gasteiger partial charge is 0.488 e. The molecule has 3 amide bonds.